The first-order valence-corrected chi connectivity index (χ1v) is 7.40. The SMILES string of the molecule is CC(=O)OCCC1(C(=O)Oc2ccc(C)cc2)CCCC1=O. The summed E-state index contributed by atoms with van der Waals surface area (Å²) in [5.74, 6) is -0.683. The van der Waals surface area contributed by atoms with Crippen LogP contribution in [0.5, 0.6) is 5.75 Å². The quantitative estimate of drug-likeness (QED) is 0.475. The van der Waals surface area contributed by atoms with Gasteiger partial charge in [0, 0.05) is 19.8 Å². The molecule has 0 spiro atoms. The molecule has 1 atom stereocenters. The normalized spacial score (nSPS) is 20.7. The Bertz CT molecular complexity index is 575. The monoisotopic (exact) mass is 304 g/mol. The van der Waals surface area contributed by atoms with Crippen LogP contribution in [0.25, 0.3) is 0 Å². The molecule has 1 saturated carbocycles. The summed E-state index contributed by atoms with van der Waals surface area (Å²) in [6.07, 6.45) is 1.64. The fourth-order valence-corrected chi connectivity index (χ4v) is 2.69. The summed E-state index contributed by atoms with van der Waals surface area (Å²) in [6.45, 7) is 3.28. The summed E-state index contributed by atoms with van der Waals surface area (Å²) in [5.41, 5.74) is -0.123. The molecule has 0 saturated heterocycles. The van der Waals surface area contributed by atoms with E-state index in [-0.39, 0.29) is 18.8 Å². The molecule has 1 unspecified atom stereocenters. The van der Waals surface area contributed by atoms with Crippen LogP contribution in [-0.2, 0) is 19.1 Å². The van der Waals surface area contributed by atoms with Crippen LogP contribution in [0.1, 0.15) is 38.2 Å². The molecule has 22 heavy (non-hydrogen) atoms. The van der Waals surface area contributed by atoms with Gasteiger partial charge in [-0.2, -0.15) is 0 Å². The van der Waals surface area contributed by atoms with E-state index in [1.165, 1.54) is 6.92 Å². The maximum absolute atomic E-state index is 12.5. The van der Waals surface area contributed by atoms with Gasteiger partial charge in [-0.3, -0.25) is 14.4 Å². The van der Waals surface area contributed by atoms with Gasteiger partial charge in [0.25, 0.3) is 0 Å². The van der Waals surface area contributed by atoms with Crippen LogP contribution >= 0.6 is 0 Å². The Kier molecular flexibility index (Phi) is 4.96. The van der Waals surface area contributed by atoms with Crippen molar-refractivity contribution in [2.24, 2.45) is 5.41 Å². The molecule has 2 rings (SSSR count). The largest absolute Gasteiger partial charge is 0.466 e. The van der Waals surface area contributed by atoms with Gasteiger partial charge in [0.2, 0.25) is 0 Å². The summed E-state index contributed by atoms with van der Waals surface area (Å²) in [5, 5.41) is 0. The molecule has 0 radical (unpaired) electrons. The number of benzene rings is 1. The van der Waals surface area contributed by atoms with Crippen LogP contribution in [0.15, 0.2) is 24.3 Å². The standard InChI is InChI=1S/C17H20O5/c1-12-5-7-14(8-6-12)22-16(20)17(9-3-4-15(17)19)10-11-21-13(2)18/h5-8H,3-4,9-11H2,1-2H3. The van der Waals surface area contributed by atoms with E-state index >= 15 is 0 Å². The summed E-state index contributed by atoms with van der Waals surface area (Å²) in [7, 11) is 0. The molecule has 118 valence electrons. The first-order chi connectivity index (χ1) is 10.4. The number of hydrogen-bond donors (Lipinski definition) is 0. The number of aryl methyl sites for hydroxylation is 1. The number of ketones is 1. The van der Waals surface area contributed by atoms with Crippen molar-refractivity contribution in [1.82, 2.24) is 0 Å². The Morgan fingerprint density at radius 1 is 1.23 bits per heavy atom. The number of ether oxygens (including phenoxy) is 2. The Balaban J connectivity index is 2.11. The van der Waals surface area contributed by atoms with Gasteiger partial charge in [-0.1, -0.05) is 17.7 Å². The third kappa shape index (κ3) is 3.53. The molecule has 5 heteroatoms. The van der Waals surface area contributed by atoms with Crippen molar-refractivity contribution in [3.63, 3.8) is 0 Å². The predicted octanol–water partition coefficient (Wildman–Crippen LogP) is 2.59. The lowest BCUT2D eigenvalue weighted by molar-refractivity contribution is -0.155. The molecular formula is C17H20O5. The van der Waals surface area contributed by atoms with Gasteiger partial charge >= 0.3 is 11.9 Å². The minimum absolute atomic E-state index is 0.0457. The smallest absolute Gasteiger partial charge is 0.325 e. The highest BCUT2D eigenvalue weighted by Crippen LogP contribution is 2.39. The van der Waals surface area contributed by atoms with Crippen molar-refractivity contribution in [1.29, 1.82) is 0 Å². The Hall–Kier alpha value is -2.17. The highest BCUT2D eigenvalue weighted by atomic mass is 16.5. The van der Waals surface area contributed by atoms with Crippen molar-refractivity contribution in [3.8, 4) is 5.75 Å². The average Bonchev–Trinajstić information content (AvgIpc) is 2.83. The maximum Gasteiger partial charge on any atom is 0.325 e. The number of Topliss-reactive ketones (excluding diaryl/α,β-unsaturated/α-hetero) is 1. The first-order valence-electron chi connectivity index (χ1n) is 7.40. The third-order valence-electron chi connectivity index (χ3n) is 4.00. The van der Waals surface area contributed by atoms with Crippen molar-refractivity contribution in [2.45, 2.75) is 39.5 Å². The molecule has 0 heterocycles. The van der Waals surface area contributed by atoms with Gasteiger partial charge in [0.1, 0.15) is 16.9 Å². The zero-order valence-electron chi connectivity index (χ0n) is 12.9. The molecule has 0 amide bonds. The van der Waals surface area contributed by atoms with E-state index in [1.54, 1.807) is 12.1 Å². The highest BCUT2D eigenvalue weighted by Gasteiger charge is 2.49. The van der Waals surface area contributed by atoms with Crippen LogP contribution in [-0.4, -0.2) is 24.3 Å². The van der Waals surface area contributed by atoms with E-state index < -0.39 is 17.4 Å². The van der Waals surface area contributed by atoms with Crippen LogP contribution in [0.3, 0.4) is 0 Å². The van der Waals surface area contributed by atoms with Gasteiger partial charge in [-0.05, 0) is 31.9 Å². The fraction of sp³-hybridized carbons (Fsp3) is 0.471. The second kappa shape index (κ2) is 6.73. The Morgan fingerprint density at radius 3 is 2.45 bits per heavy atom. The summed E-state index contributed by atoms with van der Waals surface area (Å²) in [4.78, 5) is 35.6. The molecule has 5 nitrogen and oxygen atoms in total. The molecule has 0 aromatic heterocycles. The van der Waals surface area contributed by atoms with Gasteiger partial charge in [-0.15, -0.1) is 0 Å². The molecule has 1 aliphatic rings. The minimum Gasteiger partial charge on any atom is -0.466 e. The summed E-state index contributed by atoms with van der Waals surface area (Å²) >= 11 is 0. The Morgan fingerprint density at radius 2 is 1.91 bits per heavy atom. The lowest BCUT2D eigenvalue weighted by atomic mass is 9.82. The maximum atomic E-state index is 12.5. The fourth-order valence-electron chi connectivity index (χ4n) is 2.69. The van der Waals surface area contributed by atoms with Crippen LogP contribution in [0.4, 0.5) is 0 Å². The first kappa shape index (κ1) is 16.2. The van der Waals surface area contributed by atoms with E-state index in [9.17, 15) is 14.4 Å². The molecule has 1 aromatic carbocycles. The molecular weight excluding hydrogens is 284 g/mol. The van der Waals surface area contributed by atoms with Crippen LogP contribution in [0.2, 0.25) is 0 Å². The van der Waals surface area contributed by atoms with Gasteiger partial charge in [0.15, 0.2) is 0 Å². The second-order valence-electron chi connectivity index (χ2n) is 5.65. The number of rotatable bonds is 5. The zero-order valence-corrected chi connectivity index (χ0v) is 12.9. The van der Waals surface area contributed by atoms with Crippen LogP contribution < -0.4 is 4.74 Å². The van der Waals surface area contributed by atoms with E-state index in [1.807, 2.05) is 19.1 Å². The molecule has 0 N–H and O–H groups in total. The van der Waals surface area contributed by atoms with Gasteiger partial charge < -0.3 is 9.47 Å². The van der Waals surface area contributed by atoms with E-state index in [2.05, 4.69) is 0 Å². The van der Waals surface area contributed by atoms with Crippen molar-refractivity contribution < 1.29 is 23.9 Å². The lowest BCUT2D eigenvalue weighted by Gasteiger charge is -2.24. The van der Waals surface area contributed by atoms with Gasteiger partial charge in [-0.25, -0.2) is 0 Å². The number of carbonyl (C=O) groups excluding carboxylic acids is 3. The van der Waals surface area contributed by atoms with E-state index in [0.29, 0.717) is 25.0 Å². The van der Waals surface area contributed by atoms with Crippen molar-refractivity contribution >= 4 is 17.7 Å². The highest BCUT2D eigenvalue weighted by molar-refractivity contribution is 6.05. The average molecular weight is 304 g/mol. The topological polar surface area (TPSA) is 69.7 Å². The summed E-state index contributed by atoms with van der Waals surface area (Å²) < 4.78 is 10.3. The predicted molar refractivity (Wildman–Crippen MR) is 79.4 cm³/mol. The van der Waals surface area contributed by atoms with Crippen molar-refractivity contribution in [2.75, 3.05) is 6.61 Å². The molecule has 1 aromatic rings. The molecule has 0 aliphatic heterocycles. The number of esters is 2. The number of carbonyl (C=O) groups is 3. The molecule has 1 fully saturated rings. The van der Waals surface area contributed by atoms with E-state index in [4.69, 9.17) is 9.47 Å². The van der Waals surface area contributed by atoms with Crippen LogP contribution in [0, 0.1) is 12.3 Å². The lowest BCUT2D eigenvalue weighted by Crippen LogP contribution is -2.39. The van der Waals surface area contributed by atoms with E-state index in [0.717, 1.165) is 5.56 Å². The Labute approximate surface area is 129 Å². The van der Waals surface area contributed by atoms with Crippen molar-refractivity contribution in [3.05, 3.63) is 29.8 Å². The second-order valence-corrected chi connectivity index (χ2v) is 5.65. The van der Waals surface area contributed by atoms with Gasteiger partial charge in [0.05, 0.1) is 6.61 Å². The molecule has 1 aliphatic carbocycles. The zero-order chi connectivity index (χ0) is 16.2. The number of hydrogen-bond acceptors (Lipinski definition) is 5. The minimum atomic E-state index is -1.18. The third-order valence-corrected chi connectivity index (χ3v) is 4.00. The molecule has 0 bridgehead atoms. The summed E-state index contributed by atoms with van der Waals surface area (Å²) in [6, 6.07) is 7.08.